The zero-order valence-corrected chi connectivity index (χ0v) is 11.2. The number of ether oxygens (including phenoxy) is 1. The van der Waals surface area contributed by atoms with Gasteiger partial charge in [-0.1, -0.05) is 18.2 Å². The molecule has 2 nitrogen and oxygen atoms in total. The zero-order valence-electron chi connectivity index (χ0n) is 10.4. The van der Waals surface area contributed by atoms with Crippen molar-refractivity contribution in [2.24, 2.45) is 5.73 Å². The average molecular weight is 247 g/mol. The lowest BCUT2D eigenvalue weighted by atomic mass is 9.89. The van der Waals surface area contributed by atoms with Crippen LogP contribution in [0.15, 0.2) is 35.7 Å². The number of hydrogen-bond acceptors (Lipinski definition) is 3. The van der Waals surface area contributed by atoms with E-state index >= 15 is 0 Å². The van der Waals surface area contributed by atoms with Crippen molar-refractivity contribution in [1.82, 2.24) is 0 Å². The first-order valence-electron chi connectivity index (χ1n) is 5.54. The van der Waals surface area contributed by atoms with E-state index in [4.69, 9.17) is 10.5 Å². The van der Waals surface area contributed by atoms with Gasteiger partial charge in [-0.15, -0.1) is 11.3 Å². The largest absolute Gasteiger partial charge is 0.496 e. The molecular weight excluding hydrogens is 230 g/mol. The van der Waals surface area contributed by atoms with Crippen LogP contribution in [0, 0.1) is 6.92 Å². The van der Waals surface area contributed by atoms with E-state index in [1.807, 2.05) is 31.2 Å². The van der Waals surface area contributed by atoms with Crippen LogP contribution < -0.4 is 10.5 Å². The van der Waals surface area contributed by atoms with Crippen molar-refractivity contribution in [3.05, 3.63) is 51.7 Å². The lowest BCUT2D eigenvalue weighted by molar-refractivity contribution is 0.399. The molecule has 0 bridgehead atoms. The van der Waals surface area contributed by atoms with Crippen LogP contribution in [0.4, 0.5) is 0 Å². The fraction of sp³-hybridized carbons (Fsp3) is 0.286. The van der Waals surface area contributed by atoms with Crippen molar-refractivity contribution in [1.29, 1.82) is 0 Å². The van der Waals surface area contributed by atoms with E-state index < -0.39 is 5.54 Å². The van der Waals surface area contributed by atoms with Crippen molar-refractivity contribution in [2.75, 3.05) is 7.11 Å². The molecule has 0 saturated carbocycles. The maximum atomic E-state index is 6.51. The third-order valence-corrected chi connectivity index (χ3v) is 4.25. The molecule has 0 spiro atoms. The predicted octanol–water partition coefficient (Wildman–Crippen LogP) is 3.29. The zero-order chi connectivity index (χ0) is 12.5. The van der Waals surface area contributed by atoms with Gasteiger partial charge >= 0.3 is 0 Å². The summed E-state index contributed by atoms with van der Waals surface area (Å²) in [7, 11) is 1.68. The van der Waals surface area contributed by atoms with Gasteiger partial charge in [0.1, 0.15) is 5.75 Å². The van der Waals surface area contributed by atoms with Crippen LogP contribution in [0.25, 0.3) is 0 Å². The molecule has 0 amide bonds. The highest BCUT2D eigenvalue weighted by Crippen LogP contribution is 2.37. The molecule has 0 aliphatic heterocycles. The molecular formula is C14H17NOS. The van der Waals surface area contributed by atoms with Gasteiger partial charge in [-0.05, 0) is 36.9 Å². The number of methoxy groups -OCH3 is 1. The Morgan fingerprint density at radius 1 is 1.24 bits per heavy atom. The molecule has 1 atom stereocenters. The minimum Gasteiger partial charge on any atom is -0.496 e. The van der Waals surface area contributed by atoms with Gasteiger partial charge in [0.25, 0.3) is 0 Å². The van der Waals surface area contributed by atoms with E-state index in [0.717, 1.165) is 11.3 Å². The third kappa shape index (κ3) is 2.08. The maximum Gasteiger partial charge on any atom is 0.124 e. The molecule has 1 unspecified atom stereocenters. The van der Waals surface area contributed by atoms with Gasteiger partial charge in [0.15, 0.2) is 0 Å². The number of benzene rings is 1. The minimum absolute atomic E-state index is 0.509. The van der Waals surface area contributed by atoms with Crippen LogP contribution in [0.3, 0.4) is 0 Å². The number of aryl methyl sites for hydroxylation is 1. The first-order valence-corrected chi connectivity index (χ1v) is 6.42. The lowest BCUT2D eigenvalue weighted by Gasteiger charge is -2.27. The van der Waals surface area contributed by atoms with Crippen LogP contribution in [-0.2, 0) is 5.54 Å². The standard InChI is InChI=1S/C14H17NOS/c1-10-8-9-17-13(10)14(2,15)11-6-4-5-7-12(11)16-3/h4-9H,15H2,1-3H3. The monoisotopic (exact) mass is 247 g/mol. The first kappa shape index (κ1) is 12.1. The Hall–Kier alpha value is -1.32. The summed E-state index contributed by atoms with van der Waals surface area (Å²) < 4.78 is 5.39. The summed E-state index contributed by atoms with van der Waals surface area (Å²) in [4.78, 5) is 1.18. The number of rotatable bonds is 3. The van der Waals surface area contributed by atoms with Gasteiger partial charge in [0, 0.05) is 10.4 Å². The quantitative estimate of drug-likeness (QED) is 0.903. The highest BCUT2D eigenvalue weighted by molar-refractivity contribution is 7.10. The minimum atomic E-state index is -0.509. The van der Waals surface area contributed by atoms with E-state index in [1.54, 1.807) is 18.4 Å². The Morgan fingerprint density at radius 3 is 2.53 bits per heavy atom. The second-order valence-corrected chi connectivity index (χ2v) is 5.25. The SMILES string of the molecule is COc1ccccc1C(C)(N)c1sccc1C. The molecule has 3 heteroatoms. The summed E-state index contributed by atoms with van der Waals surface area (Å²) in [5.41, 5.74) is 8.25. The Kier molecular flexibility index (Phi) is 3.22. The molecule has 0 radical (unpaired) electrons. The summed E-state index contributed by atoms with van der Waals surface area (Å²) in [5.74, 6) is 0.838. The molecule has 1 aromatic carbocycles. The van der Waals surface area contributed by atoms with Crippen molar-refractivity contribution in [3.63, 3.8) is 0 Å². The molecule has 2 aromatic rings. The van der Waals surface area contributed by atoms with E-state index in [1.165, 1.54) is 10.4 Å². The van der Waals surface area contributed by atoms with Crippen molar-refractivity contribution >= 4 is 11.3 Å². The number of hydrogen-bond donors (Lipinski definition) is 1. The van der Waals surface area contributed by atoms with E-state index in [9.17, 15) is 0 Å². The van der Waals surface area contributed by atoms with Crippen molar-refractivity contribution in [2.45, 2.75) is 19.4 Å². The maximum absolute atomic E-state index is 6.51. The Morgan fingerprint density at radius 2 is 1.94 bits per heavy atom. The van der Waals surface area contributed by atoms with E-state index in [2.05, 4.69) is 18.4 Å². The van der Waals surface area contributed by atoms with Crippen LogP contribution in [-0.4, -0.2) is 7.11 Å². The average Bonchev–Trinajstić information content (AvgIpc) is 2.76. The highest BCUT2D eigenvalue weighted by atomic mass is 32.1. The second-order valence-electron chi connectivity index (χ2n) is 4.34. The van der Waals surface area contributed by atoms with Gasteiger partial charge in [-0.2, -0.15) is 0 Å². The fourth-order valence-electron chi connectivity index (χ4n) is 2.10. The molecule has 0 aliphatic carbocycles. The Balaban J connectivity index is 2.55. The van der Waals surface area contributed by atoms with Gasteiger partial charge in [0.05, 0.1) is 12.6 Å². The fourth-order valence-corrected chi connectivity index (χ4v) is 3.12. The molecule has 2 rings (SSSR count). The van der Waals surface area contributed by atoms with E-state index in [-0.39, 0.29) is 0 Å². The lowest BCUT2D eigenvalue weighted by Crippen LogP contribution is -2.34. The molecule has 1 heterocycles. The smallest absolute Gasteiger partial charge is 0.124 e. The summed E-state index contributed by atoms with van der Waals surface area (Å²) in [6, 6.07) is 10.0. The Bertz CT molecular complexity index is 516. The summed E-state index contributed by atoms with van der Waals surface area (Å²) in [6.45, 7) is 4.12. The Labute approximate surface area is 106 Å². The van der Waals surface area contributed by atoms with Gasteiger partial charge < -0.3 is 10.5 Å². The van der Waals surface area contributed by atoms with Gasteiger partial charge in [0.2, 0.25) is 0 Å². The molecule has 90 valence electrons. The van der Waals surface area contributed by atoms with Gasteiger partial charge in [-0.3, -0.25) is 0 Å². The topological polar surface area (TPSA) is 35.2 Å². The van der Waals surface area contributed by atoms with Crippen LogP contribution in [0.2, 0.25) is 0 Å². The molecule has 0 aliphatic rings. The van der Waals surface area contributed by atoms with Crippen molar-refractivity contribution < 1.29 is 4.74 Å². The van der Waals surface area contributed by atoms with Crippen LogP contribution in [0.5, 0.6) is 5.75 Å². The van der Waals surface area contributed by atoms with Crippen LogP contribution in [0.1, 0.15) is 22.9 Å². The number of para-hydroxylation sites is 1. The molecule has 0 saturated heterocycles. The second kappa shape index (κ2) is 4.51. The highest BCUT2D eigenvalue weighted by Gasteiger charge is 2.29. The molecule has 1 aromatic heterocycles. The molecule has 2 N–H and O–H groups in total. The predicted molar refractivity (Wildman–Crippen MR) is 72.7 cm³/mol. The summed E-state index contributed by atoms with van der Waals surface area (Å²) >= 11 is 1.69. The van der Waals surface area contributed by atoms with Gasteiger partial charge in [-0.25, -0.2) is 0 Å². The third-order valence-electron chi connectivity index (χ3n) is 3.00. The van der Waals surface area contributed by atoms with Crippen LogP contribution >= 0.6 is 11.3 Å². The van der Waals surface area contributed by atoms with Crippen molar-refractivity contribution in [3.8, 4) is 5.75 Å². The summed E-state index contributed by atoms with van der Waals surface area (Å²) in [5, 5.41) is 2.07. The molecule has 0 fully saturated rings. The number of thiophene rings is 1. The van der Waals surface area contributed by atoms with E-state index in [0.29, 0.717) is 0 Å². The normalized spacial score (nSPS) is 14.4. The summed E-state index contributed by atoms with van der Waals surface area (Å²) in [6.07, 6.45) is 0. The molecule has 17 heavy (non-hydrogen) atoms. The first-order chi connectivity index (χ1) is 8.07. The number of nitrogens with two attached hydrogens (primary N) is 1.